The van der Waals surface area contributed by atoms with Gasteiger partial charge in [-0.3, -0.25) is 4.79 Å². The molecule has 4 rings (SSSR count). The van der Waals surface area contributed by atoms with Crippen LogP contribution in [0.1, 0.15) is 80.1 Å². The minimum Gasteiger partial charge on any atom is -0.344 e. The van der Waals surface area contributed by atoms with Crippen LogP contribution in [0.3, 0.4) is 0 Å². The highest BCUT2D eigenvalue weighted by atomic mass is 16.2. The maximum atomic E-state index is 13.2. The molecule has 2 aromatic rings. The van der Waals surface area contributed by atoms with E-state index in [1.165, 1.54) is 31.2 Å². The zero-order valence-electron chi connectivity index (χ0n) is 16.9. The van der Waals surface area contributed by atoms with Crippen LogP contribution in [0.4, 0.5) is 0 Å². The van der Waals surface area contributed by atoms with E-state index < -0.39 is 0 Å². The number of H-pyrrole nitrogens is 1. The number of carbonyl (C=O) groups excluding carboxylic acids is 1. The SMILES string of the molecule is CCCC1C(=O)N(C[C@H](N)Cc2ccccc2)Cc2[nH]c(C3CCCC3)nc21. The van der Waals surface area contributed by atoms with Crippen molar-refractivity contribution < 1.29 is 4.79 Å². The standard InChI is InChI=1S/C23H32N4O/c1-2-8-19-21-20(25-22(26-21)17-11-6-7-12-17)15-27(23(19)28)14-18(24)13-16-9-4-3-5-10-16/h3-5,9-10,17-19H,2,6-8,11-15,24H2,1H3,(H,25,26)/t18-,19?/m1/s1. The lowest BCUT2D eigenvalue weighted by Gasteiger charge is -2.33. The summed E-state index contributed by atoms with van der Waals surface area (Å²) in [6, 6.07) is 10.2. The predicted octanol–water partition coefficient (Wildman–Crippen LogP) is 3.86. The summed E-state index contributed by atoms with van der Waals surface area (Å²) in [5.74, 6) is 1.72. The average molecular weight is 381 g/mol. The smallest absolute Gasteiger partial charge is 0.232 e. The van der Waals surface area contributed by atoms with Gasteiger partial charge in [-0.2, -0.15) is 0 Å². The third-order valence-electron chi connectivity index (χ3n) is 6.23. The van der Waals surface area contributed by atoms with Gasteiger partial charge in [-0.05, 0) is 31.2 Å². The predicted molar refractivity (Wildman–Crippen MR) is 111 cm³/mol. The van der Waals surface area contributed by atoms with Crippen molar-refractivity contribution in [2.75, 3.05) is 6.54 Å². The Bertz CT molecular complexity index is 794. The number of aromatic nitrogens is 2. The lowest BCUT2D eigenvalue weighted by atomic mass is 9.92. The number of aromatic amines is 1. The maximum Gasteiger partial charge on any atom is 0.232 e. The molecular weight excluding hydrogens is 348 g/mol. The van der Waals surface area contributed by atoms with Gasteiger partial charge in [0.15, 0.2) is 0 Å². The fraction of sp³-hybridized carbons (Fsp3) is 0.565. The third-order valence-corrected chi connectivity index (χ3v) is 6.23. The van der Waals surface area contributed by atoms with Gasteiger partial charge in [-0.25, -0.2) is 4.98 Å². The molecule has 1 saturated carbocycles. The van der Waals surface area contributed by atoms with Gasteiger partial charge in [0.25, 0.3) is 0 Å². The van der Waals surface area contributed by atoms with E-state index in [2.05, 4.69) is 24.0 Å². The summed E-state index contributed by atoms with van der Waals surface area (Å²) in [4.78, 5) is 23.7. The van der Waals surface area contributed by atoms with Gasteiger partial charge in [0.2, 0.25) is 5.91 Å². The van der Waals surface area contributed by atoms with Gasteiger partial charge < -0.3 is 15.6 Å². The number of amides is 1. The van der Waals surface area contributed by atoms with Gasteiger partial charge >= 0.3 is 0 Å². The van der Waals surface area contributed by atoms with E-state index in [1.807, 2.05) is 23.1 Å². The van der Waals surface area contributed by atoms with Crippen LogP contribution in [0.2, 0.25) is 0 Å². The summed E-state index contributed by atoms with van der Waals surface area (Å²) < 4.78 is 0. The largest absolute Gasteiger partial charge is 0.344 e. The zero-order valence-corrected chi connectivity index (χ0v) is 16.9. The summed E-state index contributed by atoms with van der Waals surface area (Å²) in [6.45, 7) is 3.33. The second-order valence-corrected chi connectivity index (χ2v) is 8.48. The first kappa shape index (κ1) is 19.2. The molecule has 0 radical (unpaired) electrons. The fourth-order valence-electron chi connectivity index (χ4n) is 4.82. The van der Waals surface area contributed by atoms with Crippen LogP contribution in [-0.4, -0.2) is 33.4 Å². The van der Waals surface area contributed by atoms with Gasteiger partial charge in [-0.1, -0.05) is 56.5 Å². The molecule has 1 fully saturated rings. The van der Waals surface area contributed by atoms with Crippen molar-refractivity contribution in [3.63, 3.8) is 0 Å². The van der Waals surface area contributed by atoms with E-state index in [9.17, 15) is 4.79 Å². The van der Waals surface area contributed by atoms with Crippen molar-refractivity contribution in [3.05, 3.63) is 53.1 Å². The highest BCUT2D eigenvalue weighted by Gasteiger charge is 2.36. The van der Waals surface area contributed by atoms with Gasteiger partial charge in [-0.15, -0.1) is 0 Å². The van der Waals surface area contributed by atoms with Crippen molar-refractivity contribution in [3.8, 4) is 0 Å². The van der Waals surface area contributed by atoms with Crippen LogP contribution in [0.5, 0.6) is 0 Å². The molecule has 5 heteroatoms. The molecule has 0 bridgehead atoms. The normalized spacial score (nSPS) is 21.1. The van der Waals surface area contributed by atoms with E-state index in [0.717, 1.165) is 36.5 Å². The van der Waals surface area contributed by atoms with Crippen LogP contribution in [0, 0.1) is 0 Å². The minimum atomic E-state index is -0.121. The summed E-state index contributed by atoms with van der Waals surface area (Å²) in [5, 5.41) is 0. The highest BCUT2D eigenvalue weighted by molar-refractivity contribution is 5.85. The molecule has 3 N–H and O–H groups in total. The Morgan fingerprint density at radius 1 is 1.25 bits per heavy atom. The topological polar surface area (TPSA) is 75.0 Å². The van der Waals surface area contributed by atoms with E-state index in [0.29, 0.717) is 19.0 Å². The minimum absolute atomic E-state index is 0.0626. The van der Waals surface area contributed by atoms with Gasteiger partial charge in [0.05, 0.1) is 23.9 Å². The molecule has 0 spiro atoms. The molecule has 1 aromatic heterocycles. The lowest BCUT2D eigenvalue weighted by molar-refractivity contribution is -0.135. The first-order valence-electron chi connectivity index (χ1n) is 10.8. The fourth-order valence-corrected chi connectivity index (χ4v) is 4.82. The monoisotopic (exact) mass is 380 g/mol. The Morgan fingerprint density at radius 3 is 2.71 bits per heavy atom. The average Bonchev–Trinajstić information content (AvgIpc) is 3.35. The summed E-state index contributed by atoms with van der Waals surface area (Å²) in [7, 11) is 0. The van der Waals surface area contributed by atoms with E-state index in [-0.39, 0.29) is 17.9 Å². The maximum absolute atomic E-state index is 13.2. The summed E-state index contributed by atoms with van der Waals surface area (Å²) in [5.41, 5.74) is 9.77. The molecule has 1 aliphatic heterocycles. The van der Waals surface area contributed by atoms with Gasteiger partial charge in [0, 0.05) is 18.5 Å². The number of fused-ring (bicyclic) bond motifs is 1. The molecule has 28 heavy (non-hydrogen) atoms. The molecule has 1 unspecified atom stereocenters. The van der Waals surface area contributed by atoms with Crippen LogP contribution in [-0.2, 0) is 17.8 Å². The third kappa shape index (κ3) is 4.00. The number of nitrogens with one attached hydrogen (secondary N) is 1. The molecular formula is C23H32N4O. The summed E-state index contributed by atoms with van der Waals surface area (Å²) in [6.07, 6.45) is 7.61. The molecule has 1 amide bonds. The van der Waals surface area contributed by atoms with Crippen molar-refractivity contribution in [2.24, 2.45) is 5.73 Å². The number of nitrogens with zero attached hydrogens (tertiary/aromatic N) is 2. The van der Waals surface area contributed by atoms with Crippen LogP contribution in [0.15, 0.2) is 30.3 Å². The molecule has 2 heterocycles. The number of carbonyl (C=O) groups is 1. The van der Waals surface area contributed by atoms with Crippen molar-refractivity contribution in [1.29, 1.82) is 0 Å². The second-order valence-electron chi connectivity index (χ2n) is 8.48. The van der Waals surface area contributed by atoms with Crippen LogP contribution < -0.4 is 5.73 Å². The van der Waals surface area contributed by atoms with Gasteiger partial charge in [0.1, 0.15) is 5.82 Å². The zero-order chi connectivity index (χ0) is 19.5. The number of rotatable bonds is 7. The molecule has 150 valence electrons. The molecule has 2 atom stereocenters. The highest BCUT2D eigenvalue weighted by Crippen LogP contribution is 2.37. The van der Waals surface area contributed by atoms with E-state index in [4.69, 9.17) is 10.7 Å². The number of hydrogen-bond donors (Lipinski definition) is 2. The Balaban J connectivity index is 1.51. The van der Waals surface area contributed by atoms with Crippen molar-refractivity contribution in [1.82, 2.24) is 14.9 Å². The van der Waals surface area contributed by atoms with Crippen LogP contribution >= 0.6 is 0 Å². The van der Waals surface area contributed by atoms with Crippen molar-refractivity contribution in [2.45, 2.75) is 76.3 Å². The molecule has 2 aliphatic rings. The van der Waals surface area contributed by atoms with Crippen molar-refractivity contribution >= 4 is 5.91 Å². The Hall–Kier alpha value is -2.14. The number of benzene rings is 1. The van der Waals surface area contributed by atoms with E-state index >= 15 is 0 Å². The lowest BCUT2D eigenvalue weighted by Crippen LogP contribution is -2.46. The second kappa shape index (κ2) is 8.48. The molecule has 1 aliphatic carbocycles. The first-order chi connectivity index (χ1) is 13.7. The van der Waals surface area contributed by atoms with Crippen LogP contribution in [0.25, 0.3) is 0 Å². The quantitative estimate of drug-likeness (QED) is 0.766. The molecule has 0 saturated heterocycles. The Kier molecular flexibility index (Phi) is 5.81. The number of nitrogens with two attached hydrogens (primary N) is 1. The van der Waals surface area contributed by atoms with E-state index in [1.54, 1.807) is 0 Å². The summed E-state index contributed by atoms with van der Waals surface area (Å²) >= 11 is 0. The number of imidazole rings is 1. The first-order valence-corrected chi connectivity index (χ1v) is 10.8. The number of hydrogen-bond acceptors (Lipinski definition) is 3. The Labute approximate surface area is 167 Å². The molecule has 5 nitrogen and oxygen atoms in total. The molecule has 1 aromatic carbocycles. The Morgan fingerprint density at radius 2 is 2.00 bits per heavy atom.